The van der Waals surface area contributed by atoms with Crippen LogP contribution in [0.1, 0.15) is 41.3 Å². The summed E-state index contributed by atoms with van der Waals surface area (Å²) < 4.78 is 5.24. The number of nitrogens with zero attached hydrogens (tertiary/aromatic N) is 3. The molecule has 3 aliphatic rings. The molecule has 186 valence electrons. The summed E-state index contributed by atoms with van der Waals surface area (Å²) in [5.41, 5.74) is 3.22. The van der Waals surface area contributed by atoms with Crippen LogP contribution in [0.2, 0.25) is 0 Å². The molecule has 6 rings (SSSR count). The summed E-state index contributed by atoms with van der Waals surface area (Å²) in [4.78, 5) is 43.5. The van der Waals surface area contributed by atoms with Crippen molar-refractivity contribution in [3.05, 3.63) is 59.3 Å². The van der Waals surface area contributed by atoms with Crippen molar-refractivity contribution in [2.75, 3.05) is 37.7 Å². The van der Waals surface area contributed by atoms with E-state index in [1.807, 2.05) is 49.1 Å². The Morgan fingerprint density at radius 1 is 1.17 bits per heavy atom. The number of H-pyrrole nitrogens is 1. The first-order valence-electron chi connectivity index (χ1n) is 12.3. The standard InChI is InChI=1S/C27H29N5O4/c1-17-4-3-5-21-23(17)27(25(35)32(21)14-22(33)29-26(2)15-36-16-26)8-10-31(11-9-27)24(34)18-6-7-20-19(12-18)13-28-30-20/h3-7,12-13H,8-11,14-16H2,1-2H3,(H,28,30)(H,29,33). The van der Waals surface area contributed by atoms with Crippen molar-refractivity contribution in [2.45, 2.75) is 37.6 Å². The molecule has 1 spiro atoms. The van der Waals surface area contributed by atoms with Crippen molar-refractivity contribution < 1.29 is 19.1 Å². The molecule has 2 fully saturated rings. The van der Waals surface area contributed by atoms with Crippen molar-refractivity contribution in [3.8, 4) is 0 Å². The highest BCUT2D eigenvalue weighted by atomic mass is 16.5. The molecular weight excluding hydrogens is 458 g/mol. The maximum Gasteiger partial charge on any atom is 0.253 e. The number of hydrogen-bond acceptors (Lipinski definition) is 5. The number of aryl methyl sites for hydroxylation is 1. The van der Waals surface area contributed by atoms with E-state index in [2.05, 4.69) is 15.5 Å². The molecule has 3 amide bonds. The van der Waals surface area contributed by atoms with Gasteiger partial charge in [-0.05, 0) is 62.1 Å². The molecule has 0 unspecified atom stereocenters. The molecule has 2 N–H and O–H groups in total. The number of benzene rings is 2. The van der Waals surface area contributed by atoms with Gasteiger partial charge in [0.15, 0.2) is 0 Å². The van der Waals surface area contributed by atoms with Gasteiger partial charge in [-0.1, -0.05) is 12.1 Å². The minimum atomic E-state index is -0.726. The molecule has 1 aromatic heterocycles. The van der Waals surface area contributed by atoms with Gasteiger partial charge >= 0.3 is 0 Å². The topological polar surface area (TPSA) is 108 Å². The minimum absolute atomic E-state index is 0.0278. The van der Waals surface area contributed by atoms with E-state index < -0.39 is 5.41 Å². The SMILES string of the molecule is Cc1cccc2c1C1(CCN(C(=O)c3ccc4[nH]ncc4c3)CC1)C(=O)N2CC(=O)NC1(C)COC1. The number of carbonyl (C=O) groups excluding carboxylic acids is 3. The fourth-order valence-electron chi connectivity index (χ4n) is 5.95. The van der Waals surface area contributed by atoms with Gasteiger partial charge in [-0.3, -0.25) is 19.5 Å². The first-order valence-corrected chi connectivity index (χ1v) is 12.3. The molecule has 9 nitrogen and oxygen atoms in total. The molecule has 9 heteroatoms. The lowest BCUT2D eigenvalue weighted by Gasteiger charge is -2.40. The maximum absolute atomic E-state index is 13.9. The van der Waals surface area contributed by atoms with Gasteiger partial charge in [-0.25, -0.2) is 0 Å². The smallest absolute Gasteiger partial charge is 0.253 e. The van der Waals surface area contributed by atoms with Crippen LogP contribution in [0.25, 0.3) is 10.9 Å². The van der Waals surface area contributed by atoms with Crippen LogP contribution in [0.5, 0.6) is 0 Å². The number of carbonyl (C=O) groups is 3. The van der Waals surface area contributed by atoms with E-state index in [0.29, 0.717) is 44.7 Å². The fraction of sp³-hybridized carbons (Fsp3) is 0.407. The van der Waals surface area contributed by atoms with E-state index in [1.165, 1.54) is 0 Å². The second-order valence-corrected chi connectivity index (χ2v) is 10.5. The van der Waals surface area contributed by atoms with Gasteiger partial charge in [0, 0.05) is 29.7 Å². The predicted octanol–water partition coefficient (Wildman–Crippen LogP) is 2.30. The summed E-state index contributed by atoms with van der Waals surface area (Å²) in [5, 5.41) is 10.8. The summed E-state index contributed by atoms with van der Waals surface area (Å²) in [7, 11) is 0. The minimum Gasteiger partial charge on any atom is -0.376 e. The number of likely N-dealkylation sites (tertiary alicyclic amines) is 1. The third-order valence-corrected chi connectivity index (χ3v) is 7.85. The molecule has 0 saturated carbocycles. The van der Waals surface area contributed by atoms with E-state index in [4.69, 9.17) is 4.74 Å². The number of fused-ring (bicyclic) bond motifs is 3. The number of ether oxygens (including phenoxy) is 1. The zero-order valence-electron chi connectivity index (χ0n) is 20.5. The molecule has 2 aromatic carbocycles. The van der Waals surface area contributed by atoms with Gasteiger partial charge in [0.2, 0.25) is 11.8 Å². The Hall–Kier alpha value is -3.72. The third kappa shape index (κ3) is 3.49. The summed E-state index contributed by atoms with van der Waals surface area (Å²) in [6.45, 7) is 5.82. The number of aromatic nitrogens is 2. The van der Waals surface area contributed by atoms with E-state index in [9.17, 15) is 14.4 Å². The zero-order chi connectivity index (χ0) is 25.1. The Balaban J connectivity index is 1.23. The normalized spacial score (nSPS) is 19.9. The van der Waals surface area contributed by atoms with Crippen molar-refractivity contribution in [1.29, 1.82) is 0 Å². The van der Waals surface area contributed by atoms with Crippen LogP contribution in [0.15, 0.2) is 42.6 Å². The molecule has 36 heavy (non-hydrogen) atoms. The van der Waals surface area contributed by atoms with Gasteiger partial charge < -0.3 is 19.9 Å². The molecule has 0 bridgehead atoms. The summed E-state index contributed by atoms with van der Waals surface area (Å²) >= 11 is 0. The second kappa shape index (κ2) is 8.16. The van der Waals surface area contributed by atoms with Gasteiger partial charge in [-0.15, -0.1) is 0 Å². The number of rotatable bonds is 4. The number of aromatic amines is 1. The lowest BCUT2D eigenvalue weighted by atomic mass is 9.72. The monoisotopic (exact) mass is 487 g/mol. The van der Waals surface area contributed by atoms with Crippen LogP contribution in [0.3, 0.4) is 0 Å². The van der Waals surface area contributed by atoms with Gasteiger partial charge in [0.25, 0.3) is 5.91 Å². The highest BCUT2D eigenvalue weighted by molar-refractivity contribution is 6.11. The molecule has 0 radical (unpaired) electrons. The number of nitrogens with one attached hydrogen (secondary N) is 2. The van der Waals surface area contributed by atoms with E-state index in [1.54, 1.807) is 17.2 Å². The zero-order valence-corrected chi connectivity index (χ0v) is 20.5. The van der Waals surface area contributed by atoms with Crippen molar-refractivity contribution in [2.24, 2.45) is 0 Å². The Morgan fingerprint density at radius 3 is 2.67 bits per heavy atom. The maximum atomic E-state index is 13.9. The number of hydrogen-bond donors (Lipinski definition) is 2. The lowest BCUT2D eigenvalue weighted by Crippen LogP contribution is -2.61. The van der Waals surface area contributed by atoms with Crippen LogP contribution < -0.4 is 10.2 Å². The Kier molecular flexibility index (Phi) is 5.15. The van der Waals surface area contributed by atoms with Crippen LogP contribution in [0.4, 0.5) is 5.69 Å². The van der Waals surface area contributed by atoms with Crippen LogP contribution in [-0.4, -0.2) is 71.2 Å². The van der Waals surface area contributed by atoms with Crippen molar-refractivity contribution in [3.63, 3.8) is 0 Å². The highest BCUT2D eigenvalue weighted by Gasteiger charge is 2.53. The number of piperidine rings is 1. The van der Waals surface area contributed by atoms with Crippen LogP contribution >= 0.6 is 0 Å². The van der Waals surface area contributed by atoms with Gasteiger partial charge in [0.1, 0.15) is 6.54 Å². The van der Waals surface area contributed by atoms with Crippen LogP contribution in [0, 0.1) is 6.92 Å². The first kappa shape index (κ1) is 22.7. The molecule has 0 atom stereocenters. The largest absolute Gasteiger partial charge is 0.376 e. The van der Waals surface area contributed by atoms with Crippen LogP contribution in [-0.2, 0) is 19.7 Å². The molecule has 4 heterocycles. The number of amides is 3. The lowest BCUT2D eigenvalue weighted by molar-refractivity contribution is -0.132. The quantitative estimate of drug-likeness (QED) is 0.587. The molecule has 2 saturated heterocycles. The van der Waals surface area contributed by atoms with E-state index in [0.717, 1.165) is 27.7 Å². The fourth-order valence-corrected chi connectivity index (χ4v) is 5.95. The summed E-state index contributed by atoms with van der Waals surface area (Å²) in [5.74, 6) is -0.291. The molecular formula is C27H29N5O4. The van der Waals surface area contributed by atoms with Gasteiger partial charge in [0.05, 0.1) is 35.9 Å². The van der Waals surface area contributed by atoms with Crippen molar-refractivity contribution in [1.82, 2.24) is 20.4 Å². The van der Waals surface area contributed by atoms with E-state index >= 15 is 0 Å². The second-order valence-electron chi connectivity index (χ2n) is 10.5. The Morgan fingerprint density at radius 2 is 1.94 bits per heavy atom. The van der Waals surface area contributed by atoms with Gasteiger partial charge in [-0.2, -0.15) is 5.10 Å². The third-order valence-electron chi connectivity index (χ3n) is 7.85. The Labute approximate surface area is 208 Å². The summed E-state index contributed by atoms with van der Waals surface area (Å²) in [6.07, 6.45) is 2.75. The summed E-state index contributed by atoms with van der Waals surface area (Å²) in [6, 6.07) is 11.4. The highest BCUT2D eigenvalue weighted by Crippen LogP contribution is 2.49. The number of anilines is 1. The molecule has 0 aliphatic carbocycles. The molecule has 3 aromatic rings. The molecule has 3 aliphatic heterocycles. The Bertz CT molecular complexity index is 1380. The first-order chi connectivity index (χ1) is 17.3. The van der Waals surface area contributed by atoms with Crippen molar-refractivity contribution >= 4 is 34.3 Å². The average Bonchev–Trinajstić information content (AvgIpc) is 3.41. The predicted molar refractivity (Wildman–Crippen MR) is 134 cm³/mol. The average molecular weight is 488 g/mol. The van der Waals surface area contributed by atoms with E-state index in [-0.39, 0.29) is 29.8 Å².